The molecule has 1 aliphatic heterocycles. The van der Waals surface area contributed by atoms with Crippen LogP contribution in [0, 0.1) is 29.6 Å². The van der Waals surface area contributed by atoms with Crippen LogP contribution in [0.1, 0.15) is 46.5 Å². The van der Waals surface area contributed by atoms with Crippen molar-refractivity contribution in [3.63, 3.8) is 0 Å². The Hall–Kier alpha value is -1.16. The number of halogens is 1. The molecule has 2 bridgehead atoms. The third kappa shape index (κ3) is 5.66. The second-order valence-corrected chi connectivity index (χ2v) is 9.44. The van der Waals surface area contributed by atoms with Gasteiger partial charge >= 0.3 is 0 Å². The Kier molecular flexibility index (Phi) is 10.4. The molecule has 3 rings (SSSR count). The fraction of sp³-hybridized carbons (Fsp3) is 0.792. The van der Waals surface area contributed by atoms with E-state index in [4.69, 9.17) is 4.99 Å². The van der Waals surface area contributed by atoms with Gasteiger partial charge in [0.05, 0.1) is 18.4 Å². The second-order valence-electron chi connectivity index (χ2n) is 9.44. The first kappa shape index (κ1) is 27.1. The number of nitrogens with zero attached hydrogens (tertiary/aromatic N) is 3. The summed E-state index contributed by atoms with van der Waals surface area (Å²) in [7, 11) is 4.25. The molecule has 1 saturated heterocycles. The highest BCUT2D eigenvalue weighted by Gasteiger charge is 2.58. The van der Waals surface area contributed by atoms with Crippen molar-refractivity contribution in [1.82, 2.24) is 20.4 Å². The van der Waals surface area contributed by atoms with Gasteiger partial charge in [0.15, 0.2) is 5.96 Å². The van der Waals surface area contributed by atoms with Crippen molar-refractivity contribution < 1.29 is 9.59 Å². The van der Waals surface area contributed by atoms with E-state index < -0.39 is 0 Å². The quantitative estimate of drug-likeness (QED) is 0.102. The first-order chi connectivity index (χ1) is 14.9. The van der Waals surface area contributed by atoms with Gasteiger partial charge in [0.25, 0.3) is 0 Å². The Morgan fingerprint density at radius 3 is 2.19 bits per heavy atom. The lowest BCUT2D eigenvalue weighted by Gasteiger charge is -2.30. The van der Waals surface area contributed by atoms with E-state index in [-0.39, 0.29) is 59.5 Å². The number of fused-ring (bicyclic) bond motifs is 5. The normalized spacial score (nSPS) is 27.3. The first-order valence-corrected chi connectivity index (χ1v) is 12.1. The summed E-state index contributed by atoms with van der Waals surface area (Å²) in [6.45, 7) is 9.27. The van der Waals surface area contributed by atoms with Crippen LogP contribution < -0.4 is 10.6 Å². The van der Waals surface area contributed by atoms with Crippen LogP contribution in [0.3, 0.4) is 0 Å². The highest BCUT2D eigenvalue weighted by atomic mass is 127. The van der Waals surface area contributed by atoms with Crippen LogP contribution in [-0.4, -0.2) is 73.9 Å². The summed E-state index contributed by atoms with van der Waals surface area (Å²) in [5.74, 6) is 1.89. The van der Waals surface area contributed by atoms with Gasteiger partial charge < -0.3 is 15.5 Å². The number of allylic oxidation sites excluding steroid dienone is 2. The number of aliphatic imine (C=N–C) groups is 1. The van der Waals surface area contributed by atoms with Crippen LogP contribution in [0.5, 0.6) is 0 Å². The number of hydrogen-bond acceptors (Lipinski definition) is 4. The molecule has 2 fully saturated rings. The lowest BCUT2D eigenvalue weighted by molar-refractivity contribution is -0.140. The van der Waals surface area contributed by atoms with Crippen LogP contribution in [0.4, 0.5) is 0 Å². The van der Waals surface area contributed by atoms with Gasteiger partial charge in [-0.15, -0.1) is 24.0 Å². The summed E-state index contributed by atoms with van der Waals surface area (Å²) in [6, 6.07) is 0.411. The maximum absolute atomic E-state index is 12.8. The first-order valence-electron chi connectivity index (χ1n) is 12.1. The van der Waals surface area contributed by atoms with Crippen molar-refractivity contribution in [2.75, 3.05) is 40.3 Å². The van der Waals surface area contributed by atoms with Crippen LogP contribution in [-0.2, 0) is 9.59 Å². The van der Waals surface area contributed by atoms with Gasteiger partial charge in [0, 0.05) is 25.7 Å². The minimum atomic E-state index is -0.0950. The molecule has 8 heteroatoms. The molecule has 32 heavy (non-hydrogen) atoms. The number of guanidine groups is 1. The van der Waals surface area contributed by atoms with Gasteiger partial charge in [-0.25, -0.2) is 0 Å². The Balaban J connectivity index is 0.00000363. The number of carbonyl (C=O) groups excluding carboxylic acids is 2. The van der Waals surface area contributed by atoms with Crippen molar-refractivity contribution in [2.24, 2.45) is 34.6 Å². The zero-order valence-electron chi connectivity index (χ0n) is 20.3. The van der Waals surface area contributed by atoms with Crippen molar-refractivity contribution >= 4 is 41.8 Å². The number of likely N-dealkylation sites (N-methyl/N-ethyl adjacent to an activating group) is 1. The topological polar surface area (TPSA) is 77.0 Å². The molecule has 1 saturated carbocycles. The van der Waals surface area contributed by atoms with Crippen LogP contribution in [0.25, 0.3) is 0 Å². The maximum Gasteiger partial charge on any atom is 0.233 e. The van der Waals surface area contributed by atoms with Gasteiger partial charge in [-0.1, -0.05) is 38.8 Å². The molecule has 7 nitrogen and oxygen atoms in total. The van der Waals surface area contributed by atoms with Crippen LogP contribution in [0.2, 0.25) is 0 Å². The van der Waals surface area contributed by atoms with E-state index in [0.717, 1.165) is 44.7 Å². The average molecular weight is 560 g/mol. The van der Waals surface area contributed by atoms with E-state index in [9.17, 15) is 9.59 Å². The largest absolute Gasteiger partial charge is 0.357 e. The monoisotopic (exact) mass is 559 g/mol. The summed E-state index contributed by atoms with van der Waals surface area (Å²) < 4.78 is 0. The Labute approximate surface area is 210 Å². The Bertz CT molecular complexity index is 677. The van der Waals surface area contributed by atoms with Crippen LogP contribution >= 0.6 is 24.0 Å². The third-order valence-corrected chi connectivity index (χ3v) is 7.45. The maximum atomic E-state index is 12.8. The SMILES string of the molecule is CCNC(=NCC(C(CC)CC)N(C)C)NCCCN1C(=O)C2C3C=CC(C3)C2C1=O.I. The number of amides is 2. The number of nitrogens with one attached hydrogen (secondary N) is 2. The van der Waals surface area contributed by atoms with E-state index in [0.29, 0.717) is 25.0 Å². The molecule has 0 spiro atoms. The molecule has 0 aromatic rings. The Morgan fingerprint density at radius 2 is 1.69 bits per heavy atom. The zero-order chi connectivity index (χ0) is 22.5. The van der Waals surface area contributed by atoms with Crippen molar-refractivity contribution in [3.8, 4) is 0 Å². The predicted molar refractivity (Wildman–Crippen MR) is 140 cm³/mol. The van der Waals surface area contributed by atoms with E-state index in [2.05, 4.69) is 62.6 Å². The smallest absolute Gasteiger partial charge is 0.233 e. The molecule has 2 N–H and O–H groups in total. The Morgan fingerprint density at radius 1 is 1.09 bits per heavy atom. The molecule has 5 atom stereocenters. The summed E-state index contributed by atoms with van der Waals surface area (Å²) in [4.78, 5) is 34.2. The molecular weight excluding hydrogens is 517 g/mol. The van der Waals surface area contributed by atoms with Crippen molar-refractivity contribution in [1.29, 1.82) is 0 Å². The van der Waals surface area contributed by atoms with Gasteiger partial charge in [0.2, 0.25) is 11.8 Å². The molecule has 1 heterocycles. The lowest BCUT2D eigenvalue weighted by atomic mass is 9.85. The molecule has 0 aromatic heterocycles. The van der Waals surface area contributed by atoms with Gasteiger partial charge in [-0.05, 0) is 51.6 Å². The fourth-order valence-corrected chi connectivity index (χ4v) is 5.72. The second kappa shape index (κ2) is 12.3. The number of hydrogen-bond donors (Lipinski definition) is 2. The van der Waals surface area contributed by atoms with Gasteiger partial charge in [0.1, 0.15) is 0 Å². The molecule has 0 radical (unpaired) electrons. The minimum absolute atomic E-state index is 0. The standard InChI is InChI=1S/C24H41N5O2.HI/c1-6-16(7-2)19(28(4)5)15-27-24(25-8-3)26-12-9-13-29-22(30)20-17-10-11-18(14-17)21(20)23(29)31;/h10-11,16-21H,6-9,12-15H2,1-5H3,(H2,25,26,27);1H. The molecule has 2 aliphatic carbocycles. The minimum Gasteiger partial charge on any atom is -0.357 e. The summed E-state index contributed by atoms with van der Waals surface area (Å²) >= 11 is 0. The predicted octanol–water partition coefficient (Wildman–Crippen LogP) is 2.72. The highest BCUT2D eigenvalue weighted by molar-refractivity contribution is 14.0. The molecule has 182 valence electrons. The highest BCUT2D eigenvalue weighted by Crippen LogP contribution is 2.52. The average Bonchev–Trinajstić information content (AvgIpc) is 3.43. The fourth-order valence-electron chi connectivity index (χ4n) is 5.72. The van der Waals surface area contributed by atoms with E-state index in [1.807, 2.05) is 0 Å². The summed E-state index contributed by atoms with van der Waals surface area (Å²) in [6.07, 6.45) is 8.29. The molecular formula is C24H42IN5O2. The molecule has 2 amide bonds. The molecule has 0 aromatic carbocycles. The zero-order valence-corrected chi connectivity index (χ0v) is 22.7. The van der Waals surface area contributed by atoms with Crippen LogP contribution in [0.15, 0.2) is 17.1 Å². The van der Waals surface area contributed by atoms with E-state index in [1.165, 1.54) is 4.90 Å². The lowest BCUT2D eigenvalue weighted by Crippen LogP contribution is -2.42. The summed E-state index contributed by atoms with van der Waals surface area (Å²) in [5, 5.41) is 6.70. The van der Waals surface area contributed by atoms with Crippen molar-refractivity contribution in [3.05, 3.63) is 12.2 Å². The summed E-state index contributed by atoms with van der Waals surface area (Å²) in [5.41, 5.74) is 0. The van der Waals surface area contributed by atoms with E-state index >= 15 is 0 Å². The molecule has 5 unspecified atom stereocenters. The number of rotatable bonds is 11. The van der Waals surface area contributed by atoms with Crippen molar-refractivity contribution in [2.45, 2.75) is 52.5 Å². The third-order valence-electron chi connectivity index (χ3n) is 7.45. The molecule has 3 aliphatic rings. The number of likely N-dealkylation sites (tertiary alicyclic amines) is 1. The number of imide groups is 1. The van der Waals surface area contributed by atoms with E-state index in [1.54, 1.807) is 0 Å². The van der Waals surface area contributed by atoms with Gasteiger partial charge in [-0.3, -0.25) is 19.5 Å². The number of carbonyl (C=O) groups is 2. The van der Waals surface area contributed by atoms with Gasteiger partial charge in [-0.2, -0.15) is 0 Å².